The van der Waals surface area contributed by atoms with E-state index in [-0.39, 0.29) is 5.56 Å². The fourth-order valence-corrected chi connectivity index (χ4v) is 3.66. The van der Waals surface area contributed by atoms with Crippen LogP contribution in [0.2, 0.25) is 0 Å². The molecule has 2 aromatic carbocycles. The largest absolute Gasteiger partial charge is 0.282 e. The summed E-state index contributed by atoms with van der Waals surface area (Å²) in [7, 11) is 0. The summed E-state index contributed by atoms with van der Waals surface area (Å²) >= 11 is 4.95. The van der Waals surface area contributed by atoms with Gasteiger partial charge in [0.15, 0.2) is 5.82 Å². The van der Waals surface area contributed by atoms with Gasteiger partial charge in [0.25, 0.3) is 5.56 Å². The fraction of sp³-hybridized carbons (Fsp3) is 0.0500. The van der Waals surface area contributed by atoms with E-state index in [4.69, 9.17) is 0 Å². The third-order valence-corrected chi connectivity index (χ3v) is 5.31. The van der Waals surface area contributed by atoms with Gasteiger partial charge in [-0.05, 0) is 42.1 Å². The van der Waals surface area contributed by atoms with Crippen molar-refractivity contribution in [2.75, 3.05) is 0 Å². The summed E-state index contributed by atoms with van der Waals surface area (Å²) in [4.78, 5) is 18.6. The van der Waals surface area contributed by atoms with Crippen molar-refractivity contribution in [2.45, 2.75) is 6.92 Å². The third-order valence-electron chi connectivity index (χ3n) is 3.95. The monoisotopic (exact) mass is 423 g/mol. The first-order valence-electron chi connectivity index (χ1n) is 7.99. The van der Waals surface area contributed by atoms with Crippen molar-refractivity contribution < 1.29 is 0 Å². The van der Waals surface area contributed by atoms with E-state index in [1.54, 1.807) is 12.3 Å². The average molecular weight is 424 g/mol. The zero-order valence-electron chi connectivity index (χ0n) is 13.9. The topological polar surface area (TPSA) is 47.2 Å². The number of fused-ring (bicyclic) bond motifs is 1. The highest BCUT2D eigenvalue weighted by molar-refractivity contribution is 9.10. The molecule has 0 saturated heterocycles. The summed E-state index contributed by atoms with van der Waals surface area (Å²) in [5.74, 6) is 0.545. The predicted octanol–water partition coefficient (Wildman–Crippen LogP) is 5.08. The SMILES string of the molecule is Cc1ccc(C=Nn2c(-c3cccs3)nc3ccc(Br)cc3c2=O)cc1. The van der Waals surface area contributed by atoms with Gasteiger partial charge in [0.2, 0.25) is 0 Å². The molecule has 0 atom stereocenters. The van der Waals surface area contributed by atoms with Crippen LogP contribution in [0.1, 0.15) is 11.1 Å². The first-order valence-corrected chi connectivity index (χ1v) is 9.66. The zero-order chi connectivity index (χ0) is 18.1. The lowest BCUT2D eigenvalue weighted by Crippen LogP contribution is -2.20. The van der Waals surface area contributed by atoms with E-state index in [1.807, 2.05) is 60.8 Å². The van der Waals surface area contributed by atoms with Gasteiger partial charge < -0.3 is 0 Å². The van der Waals surface area contributed by atoms with Crippen molar-refractivity contribution in [1.29, 1.82) is 0 Å². The normalized spacial score (nSPS) is 11.5. The molecular formula is C20H14BrN3OS. The standard InChI is InChI=1S/C20H14BrN3OS/c1-13-4-6-14(7-5-13)12-22-24-19(18-3-2-10-26-18)23-17-9-8-15(21)11-16(17)20(24)25/h2-12H,1H3. The Morgan fingerprint density at radius 3 is 2.69 bits per heavy atom. The van der Waals surface area contributed by atoms with Crippen LogP contribution < -0.4 is 5.56 Å². The Kier molecular flexibility index (Phi) is 4.53. The first-order chi connectivity index (χ1) is 12.6. The lowest BCUT2D eigenvalue weighted by atomic mass is 10.2. The molecule has 0 spiro atoms. The maximum atomic E-state index is 13.1. The molecule has 0 unspecified atom stereocenters. The number of thiophene rings is 1. The summed E-state index contributed by atoms with van der Waals surface area (Å²) in [6.45, 7) is 2.03. The van der Waals surface area contributed by atoms with Crippen molar-refractivity contribution in [1.82, 2.24) is 9.66 Å². The third kappa shape index (κ3) is 3.25. The van der Waals surface area contributed by atoms with Crippen LogP contribution in [0, 0.1) is 6.92 Å². The lowest BCUT2D eigenvalue weighted by Gasteiger charge is -2.08. The van der Waals surface area contributed by atoms with Crippen molar-refractivity contribution in [3.8, 4) is 10.7 Å². The Morgan fingerprint density at radius 2 is 1.96 bits per heavy atom. The fourth-order valence-electron chi connectivity index (χ4n) is 2.60. The van der Waals surface area contributed by atoms with Crippen LogP contribution in [0.15, 0.2) is 74.3 Å². The Balaban J connectivity index is 1.93. The first kappa shape index (κ1) is 16.9. The molecule has 0 aliphatic heterocycles. The summed E-state index contributed by atoms with van der Waals surface area (Å²) in [5, 5.41) is 6.94. The van der Waals surface area contributed by atoms with Crippen LogP contribution in [0.5, 0.6) is 0 Å². The number of rotatable bonds is 3. The molecule has 0 aliphatic carbocycles. The highest BCUT2D eigenvalue weighted by atomic mass is 79.9. The average Bonchev–Trinajstić information content (AvgIpc) is 3.17. The molecular weight excluding hydrogens is 410 g/mol. The maximum absolute atomic E-state index is 13.1. The van der Waals surface area contributed by atoms with Crippen LogP contribution in [0.25, 0.3) is 21.6 Å². The minimum absolute atomic E-state index is 0.192. The van der Waals surface area contributed by atoms with E-state index >= 15 is 0 Å². The second-order valence-corrected chi connectivity index (χ2v) is 7.71. The van der Waals surface area contributed by atoms with Gasteiger partial charge in [-0.1, -0.05) is 51.8 Å². The molecule has 0 saturated carbocycles. The highest BCUT2D eigenvalue weighted by Crippen LogP contribution is 2.24. The highest BCUT2D eigenvalue weighted by Gasteiger charge is 2.13. The van der Waals surface area contributed by atoms with Gasteiger partial charge in [0, 0.05) is 4.47 Å². The minimum atomic E-state index is -0.192. The number of aromatic nitrogens is 2. The van der Waals surface area contributed by atoms with Crippen LogP contribution in [-0.2, 0) is 0 Å². The Morgan fingerprint density at radius 1 is 1.15 bits per heavy atom. The molecule has 128 valence electrons. The molecule has 6 heteroatoms. The van der Waals surface area contributed by atoms with E-state index in [0.717, 1.165) is 14.9 Å². The van der Waals surface area contributed by atoms with E-state index in [2.05, 4.69) is 26.0 Å². The quantitative estimate of drug-likeness (QED) is 0.431. The summed E-state index contributed by atoms with van der Waals surface area (Å²) < 4.78 is 2.21. The molecule has 0 bridgehead atoms. The number of hydrogen-bond acceptors (Lipinski definition) is 4. The Bertz CT molecular complexity index is 1160. The molecule has 4 nitrogen and oxygen atoms in total. The molecule has 0 aliphatic rings. The Labute approximate surface area is 162 Å². The molecule has 2 aromatic heterocycles. The number of aryl methyl sites for hydroxylation is 1. The van der Waals surface area contributed by atoms with Crippen LogP contribution in [-0.4, -0.2) is 15.9 Å². The number of nitrogens with zero attached hydrogens (tertiary/aromatic N) is 3. The second kappa shape index (κ2) is 6.97. The van der Waals surface area contributed by atoms with Crippen molar-refractivity contribution >= 4 is 44.4 Å². The molecule has 2 heterocycles. The van der Waals surface area contributed by atoms with Crippen LogP contribution >= 0.6 is 27.3 Å². The lowest BCUT2D eigenvalue weighted by molar-refractivity contribution is 0.832. The molecule has 0 fully saturated rings. The molecule has 0 amide bonds. The van der Waals surface area contributed by atoms with Crippen molar-refractivity contribution in [3.05, 3.63) is 85.9 Å². The van der Waals surface area contributed by atoms with Crippen molar-refractivity contribution in [2.24, 2.45) is 5.10 Å². The van der Waals surface area contributed by atoms with Gasteiger partial charge in [0.1, 0.15) is 0 Å². The molecule has 4 rings (SSSR count). The summed E-state index contributed by atoms with van der Waals surface area (Å²) in [6.07, 6.45) is 1.68. The van der Waals surface area contributed by atoms with Gasteiger partial charge in [-0.3, -0.25) is 4.79 Å². The Hall–Kier alpha value is -2.57. The summed E-state index contributed by atoms with van der Waals surface area (Å²) in [5.41, 5.74) is 2.57. The van der Waals surface area contributed by atoms with E-state index in [0.29, 0.717) is 16.7 Å². The number of hydrogen-bond donors (Lipinski definition) is 0. The molecule has 4 aromatic rings. The van der Waals surface area contributed by atoms with Crippen molar-refractivity contribution in [3.63, 3.8) is 0 Å². The van der Waals surface area contributed by atoms with Gasteiger partial charge in [-0.15, -0.1) is 11.3 Å². The van der Waals surface area contributed by atoms with Crippen LogP contribution in [0.3, 0.4) is 0 Å². The van der Waals surface area contributed by atoms with Gasteiger partial charge in [-0.25, -0.2) is 4.98 Å². The smallest absolute Gasteiger partial charge is 0.267 e. The summed E-state index contributed by atoms with van der Waals surface area (Å²) in [6, 6.07) is 17.3. The molecule has 0 N–H and O–H groups in total. The zero-order valence-corrected chi connectivity index (χ0v) is 16.3. The van der Waals surface area contributed by atoms with Gasteiger partial charge >= 0.3 is 0 Å². The number of benzene rings is 2. The maximum Gasteiger partial charge on any atom is 0.282 e. The van der Waals surface area contributed by atoms with Gasteiger partial charge in [0.05, 0.1) is 22.0 Å². The second-order valence-electron chi connectivity index (χ2n) is 5.85. The van der Waals surface area contributed by atoms with Crippen LogP contribution in [0.4, 0.5) is 0 Å². The minimum Gasteiger partial charge on any atom is -0.267 e. The number of halogens is 1. The molecule has 26 heavy (non-hydrogen) atoms. The van der Waals surface area contributed by atoms with Gasteiger partial charge in [-0.2, -0.15) is 9.78 Å². The van der Waals surface area contributed by atoms with E-state index in [9.17, 15) is 4.79 Å². The molecule has 0 radical (unpaired) electrons. The van der Waals surface area contributed by atoms with E-state index < -0.39 is 0 Å². The predicted molar refractivity (Wildman–Crippen MR) is 111 cm³/mol. The van der Waals surface area contributed by atoms with E-state index in [1.165, 1.54) is 21.6 Å².